The topological polar surface area (TPSA) is 68.3 Å². The van der Waals surface area contributed by atoms with Crippen LogP contribution in [-0.4, -0.2) is 23.4 Å². The van der Waals surface area contributed by atoms with Gasteiger partial charge >= 0.3 is 5.97 Å². The van der Waals surface area contributed by atoms with Crippen molar-refractivity contribution >= 4 is 23.2 Å². The van der Waals surface area contributed by atoms with Gasteiger partial charge in [-0.05, 0) is 6.92 Å². The molecule has 0 aliphatic heterocycles. The third-order valence-electron chi connectivity index (χ3n) is 2.93. The number of aryl methyl sites for hydroxylation is 1. The zero-order valence-electron chi connectivity index (χ0n) is 12.6. The monoisotopic (exact) mass is 318 g/mol. The predicted octanol–water partition coefficient (Wildman–Crippen LogP) is 2.69. The SMILES string of the molecule is CC(=O)NCCC(=O)OCc1csc(-c2ccc(C)cc2)n1. The largest absolute Gasteiger partial charge is 0.459 e. The van der Waals surface area contributed by atoms with Crippen molar-refractivity contribution in [3.63, 3.8) is 0 Å². The number of esters is 1. The van der Waals surface area contributed by atoms with E-state index in [2.05, 4.69) is 10.3 Å². The van der Waals surface area contributed by atoms with E-state index in [0.717, 1.165) is 16.3 Å². The molecule has 1 N–H and O–H groups in total. The van der Waals surface area contributed by atoms with Crippen LogP contribution in [-0.2, 0) is 20.9 Å². The molecule has 6 heteroatoms. The first-order valence-corrected chi connectivity index (χ1v) is 7.84. The van der Waals surface area contributed by atoms with Crippen LogP contribution in [0.25, 0.3) is 10.6 Å². The van der Waals surface area contributed by atoms with Crippen molar-refractivity contribution in [1.82, 2.24) is 10.3 Å². The van der Waals surface area contributed by atoms with Crippen molar-refractivity contribution in [3.8, 4) is 10.6 Å². The van der Waals surface area contributed by atoms with Crippen LogP contribution in [0.2, 0.25) is 0 Å². The Hall–Kier alpha value is -2.21. The summed E-state index contributed by atoms with van der Waals surface area (Å²) < 4.78 is 5.13. The molecular formula is C16H18N2O3S. The van der Waals surface area contributed by atoms with Crippen LogP contribution < -0.4 is 5.32 Å². The van der Waals surface area contributed by atoms with Gasteiger partial charge < -0.3 is 10.1 Å². The Kier molecular flexibility index (Phi) is 5.66. The molecule has 0 unspecified atom stereocenters. The summed E-state index contributed by atoms with van der Waals surface area (Å²) in [5.41, 5.74) is 2.99. The third-order valence-corrected chi connectivity index (χ3v) is 3.87. The van der Waals surface area contributed by atoms with Crippen molar-refractivity contribution in [1.29, 1.82) is 0 Å². The highest BCUT2D eigenvalue weighted by atomic mass is 32.1. The number of benzene rings is 1. The lowest BCUT2D eigenvalue weighted by atomic mass is 10.2. The van der Waals surface area contributed by atoms with Crippen LogP contribution in [0.4, 0.5) is 0 Å². The molecule has 0 radical (unpaired) electrons. The average molecular weight is 318 g/mol. The molecule has 0 aliphatic rings. The van der Waals surface area contributed by atoms with Gasteiger partial charge in [-0.3, -0.25) is 9.59 Å². The molecule has 2 rings (SSSR count). The second-order valence-electron chi connectivity index (χ2n) is 4.90. The fraction of sp³-hybridized carbons (Fsp3) is 0.312. The van der Waals surface area contributed by atoms with E-state index in [0.29, 0.717) is 6.54 Å². The number of ether oxygens (including phenoxy) is 1. The van der Waals surface area contributed by atoms with Crippen LogP contribution in [0, 0.1) is 6.92 Å². The normalized spacial score (nSPS) is 10.3. The molecule has 0 saturated carbocycles. The Balaban J connectivity index is 1.83. The second kappa shape index (κ2) is 7.70. The zero-order valence-corrected chi connectivity index (χ0v) is 13.4. The minimum Gasteiger partial charge on any atom is -0.459 e. The summed E-state index contributed by atoms with van der Waals surface area (Å²) in [6.07, 6.45) is 0.161. The van der Waals surface area contributed by atoms with Gasteiger partial charge in [0.1, 0.15) is 11.6 Å². The Bertz CT molecular complexity index is 650. The van der Waals surface area contributed by atoms with Crippen molar-refractivity contribution in [2.45, 2.75) is 26.9 Å². The van der Waals surface area contributed by atoms with Gasteiger partial charge in [0.15, 0.2) is 0 Å². The van der Waals surface area contributed by atoms with Crippen LogP contribution in [0.1, 0.15) is 24.6 Å². The van der Waals surface area contributed by atoms with Crippen molar-refractivity contribution < 1.29 is 14.3 Å². The minimum absolute atomic E-state index is 0.154. The highest BCUT2D eigenvalue weighted by molar-refractivity contribution is 7.13. The highest BCUT2D eigenvalue weighted by Gasteiger charge is 2.08. The van der Waals surface area contributed by atoms with E-state index >= 15 is 0 Å². The number of amides is 1. The fourth-order valence-electron chi connectivity index (χ4n) is 1.77. The predicted molar refractivity (Wildman–Crippen MR) is 85.4 cm³/mol. The standard InChI is InChI=1S/C16H18N2O3S/c1-11-3-5-13(6-4-11)16-18-14(10-22-16)9-21-15(20)7-8-17-12(2)19/h3-6,10H,7-9H2,1-2H3,(H,17,19). The van der Waals surface area contributed by atoms with Gasteiger partial charge in [-0.1, -0.05) is 29.8 Å². The number of nitrogens with zero attached hydrogens (tertiary/aromatic N) is 1. The van der Waals surface area contributed by atoms with E-state index in [1.54, 1.807) is 0 Å². The van der Waals surface area contributed by atoms with E-state index in [4.69, 9.17) is 4.74 Å². The molecule has 0 aliphatic carbocycles. The lowest BCUT2D eigenvalue weighted by Gasteiger charge is -2.03. The summed E-state index contributed by atoms with van der Waals surface area (Å²) in [7, 11) is 0. The van der Waals surface area contributed by atoms with Gasteiger partial charge in [0.2, 0.25) is 5.91 Å². The molecule has 5 nitrogen and oxygen atoms in total. The summed E-state index contributed by atoms with van der Waals surface area (Å²) >= 11 is 1.52. The van der Waals surface area contributed by atoms with E-state index in [9.17, 15) is 9.59 Å². The molecule has 0 spiro atoms. The lowest BCUT2D eigenvalue weighted by Crippen LogP contribution is -2.23. The van der Waals surface area contributed by atoms with E-state index in [1.807, 2.05) is 36.6 Å². The summed E-state index contributed by atoms with van der Waals surface area (Å²) in [5, 5.41) is 5.34. The Morgan fingerprint density at radius 2 is 2.00 bits per heavy atom. The first-order chi connectivity index (χ1) is 10.5. The van der Waals surface area contributed by atoms with Gasteiger partial charge in [-0.2, -0.15) is 0 Å². The number of hydrogen-bond acceptors (Lipinski definition) is 5. The molecule has 0 fully saturated rings. The van der Waals surface area contributed by atoms with Gasteiger partial charge in [-0.25, -0.2) is 4.98 Å². The first-order valence-electron chi connectivity index (χ1n) is 6.96. The van der Waals surface area contributed by atoms with Gasteiger partial charge in [0.05, 0.1) is 12.1 Å². The quantitative estimate of drug-likeness (QED) is 0.832. The van der Waals surface area contributed by atoms with Crippen molar-refractivity contribution in [2.75, 3.05) is 6.54 Å². The molecule has 1 aromatic heterocycles. The average Bonchev–Trinajstić information content (AvgIpc) is 2.94. The van der Waals surface area contributed by atoms with Crippen molar-refractivity contribution in [3.05, 3.63) is 40.9 Å². The van der Waals surface area contributed by atoms with Crippen LogP contribution >= 0.6 is 11.3 Å². The third kappa shape index (κ3) is 4.96. The Morgan fingerprint density at radius 3 is 2.68 bits per heavy atom. The number of hydrogen-bond donors (Lipinski definition) is 1. The minimum atomic E-state index is -0.348. The zero-order chi connectivity index (χ0) is 15.9. The maximum atomic E-state index is 11.5. The maximum Gasteiger partial charge on any atom is 0.307 e. The number of aromatic nitrogens is 1. The summed E-state index contributed by atoms with van der Waals surface area (Å²) in [6, 6.07) is 8.13. The highest BCUT2D eigenvalue weighted by Crippen LogP contribution is 2.24. The molecular weight excluding hydrogens is 300 g/mol. The first kappa shape index (κ1) is 16.2. The van der Waals surface area contributed by atoms with Crippen LogP contribution in [0.3, 0.4) is 0 Å². The Labute approximate surface area is 133 Å². The molecule has 1 aromatic carbocycles. The van der Waals surface area contributed by atoms with Crippen molar-refractivity contribution in [2.24, 2.45) is 0 Å². The van der Waals surface area contributed by atoms with Crippen LogP contribution in [0.15, 0.2) is 29.6 Å². The number of carbonyl (C=O) groups excluding carboxylic acids is 2. The summed E-state index contributed by atoms with van der Waals surface area (Å²) in [5.74, 6) is -0.506. The molecule has 0 bridgehead atoms. The molecule has 22 heavy (non-hydrogen) atoms. The smallest absolute Gasteiger partial charge is 0.307 e. The lowest BCUT2D eigenvalue weighted by molar-refractivity contribution is -0.144. The van der Waals surface area contributed by atoms with E-state index < -0.39 is 0 Å². The van der Waals surface area contributed by atoms with Gasteiger partial charge in [-0.15, -0.1) is 11.3 Å². The molecule has 1 amide bonds. The molecule has 116 valence electrons. The maximum absolute atomic E-state index is 11.5. The van der Waals surface area contributed by atoms with E-state index in [-0.39, 0.29) is 24.9 Å². The second-order valence-corrected chi connectivity index (χ2v) is 5.76. The number of thiazole rings is 1. The summed E-state index contributed by atoms with van der Waals surface area (Å²) in [6.45, 7) is 3.89. The van der Waals surface area contributed by atoms with E-state index in [1.165, 1.54) is 23.8 Å². The van der Waals surface area contributed by atoms with Crippen LogP contribution in [0.5, 0.6) is 0 Å². The molecule has 0 saturated heterocycles. The number of rotatable bonds is 6. The molecule has 0 atom stereocenters. The fourth-order valence-corrected chi connectivity index (χ4v) is 2.58. The molecule has 1 heterocycles. The number of nitrogens with one attached hydrogen (secondary N) is 1. The Morgan fingerprint density at radius 1 is 1.27 bits per heavy atom. The molecule has 2 aromatic rings. The van der Waals surface area contributed by atoms with Gasteiger partial charge in [0, 0.05) is 24.4 Å². The number of carbonyl (C=O) groups is 2. The summed E-state index contributed by atoms with van der Waals surface area (Å²) in [4.78, 5) is 26.7. The van der Waals surface area contributed by atoms with Gasteiger partial charge in [0.25, 0.3) is 0 Å².